The molecule has 1 fully saturated rings. The quantitative estimate of drug-likeness (QED) is 0.750. The molecule has 144 valence electrons. The molecule has 1 saturated carbocycles. The Balaban J connectivity index is 2.61. The number of carboxylic acid groups (broad SMARTS) is 1. The van der Waals surface area contributed by atoms with Gasteiger partial charge in [0, 0.05) is 0 Å². The molecular weight excluding hydrogens is 326 g/mol. The first kappa shape index (κ1) is 21.3. The maximum absolute atomic E-state index is 12.1. The standard InChI is InChI=1S/C18H31NO6/c1-17(2,3)24-15(22)12-9-7-11(8-10-12)13(14(20)21)19-16(23)25-18(4,5)6/h11-13H,7-10H2,1-6H3,(H,19,23)(H,20,21)/t11?,12?,13-/m0/s1. The van der Waals surface area contributed by atoms with Crippen LogP contribution in [0.25, 0.3) is 0 Å². The van der Waals surface area contributed by atoms with Crippen LogP contribution in [-0.2, 0) is 19.1 Å². The van der Waals surface area contributed by atoms with Crippen molar-refractivity contribution in [3.8, 4) is 0 Å². The summed E-state index contributed by atoms with van der Waals surface area (Å²) in [5.41, 5.74) is -1.22. The van der Waals surface area contributed by atoms with Gasteiger partial charge >= 0.3 is 18.0 Å². The minimum atomic E-state index is -1.09. The second kappa shape index (κ2) is 8.06. The molecule has 1 rings (SSSR count). The Kier molecular flexibility index (Phi) is 6.85. The average molecular weight is 357 g/mol. The summed E-state index contributed by atoms with van der Waals surface area (Å²) < 4.78 is 10.5. The summed E-state index contributed by atoms with van der Waals surface area (Å²) >= 11 is 0. The summed E-state index contributed by atoms with van der Waals surface area (Å²) in [6.45, 7) is 10.6. The molecule has 0 spiro atoms. The van der Waals surface area contributed by atoms with Crippen molar-refractivity contribution in [3.05, 3.63) is 0 Å². The lowest BCUT2D eigenvalue weighted by atomic mass is 9.78. The van der Waals surface area contributed by atoms with Gasteiger partial charge in [-0.2, -0.15) is 0 Å². The lowest BCUT2D eigenvalue weighted by Gasteiger charge is -2.33. The molecule has 0 saturated heterocycles. The first-order valence-electron chi connectivity index (χ1n) is 8.73. The van der Waals surface area contributed by atoms with Crippen molar-refractivity contribution in [2.24, 2.45) is 11.8 Å². The SMILES string of the molecule is CC(C)(C)OC(=O)N[C@H](C(=O)O)C1CCC(C(=O)OC(C)(C)C)CC1. The molecule has 0 aromatic carbocycles. The van der Waals surface area contributed by atoms with Crippen LogP contribution >= 0.6 is 0 Å². The van der Waals surface area contributed by atoms with Crippen molar-refractivity contribution < 1.29 is 29.0 Å². The first-order valence-corrected chi connectivity index (χ1v) is 8.73. The van der Waals surface area contributed by atoms with Gasteiger partial charge in [-0.05, 0) is 73.1 Å². The zero-order valence-corrected chi connectivity index (χ0v) is 16.0. The molecule has 0 bridgehead atoms. The lowest BCUT2D eigenvalue weighted by molar-refractivity contribution is -0.161. The van der Waals surface area contributed by atoms with E-state index in [-0.39, 0.29) is 17.8 Å². The van der Waals surface area contributed by atoms with E-state index in [2.05, 4.69) is 5.32 Å². The number of carboxylic acids is 1. The van der Waals surface area contributed by atoms with Gasteiger partial charge in [0.15, 0.2) is 0 Å². The fourth-order valence-electron chi connectivity index (χ4n) is 2.89. The molecule has 1 atom stereocenters. The molecule has 25 heavy (non-hydrogen) atoms. The molecule has 1 aliphatic rings. The van der Waals surface area contributed by atoms with Gasteiger partial charge in [0.25, 0.3) is 0 Å². The van der Waals surface area contributed by atoms with Crippen molar-refractivity contribution >= 4 is 18.0 Å². The third kappa shape index (κ3) is 7.75. The molecule has 1 amide bonds. The van der Waals surface area contributed by atoms with Crippen LogP contribution in [0, 0.1) is 11.8 Å². The first-order chi connectivity index (χ1) is 11.3. The van der Waals surface area contributed by atoms with Gasteiger partial charge in [0.2, 0.25) is 0 Å². The van der Waals surface area contributed by atoms with Crippen molar-refractivity contribution in [3.63, 3.8) is 0 Å². The van der Waals surface area contributed by atoms with Crippen LogP contribution in [0.3, 0.4) is 0 Å². The van der Waals surface area contributed by atoms with E-state index in [1.165, 1.54) is 0 Å². The zero-order chi connectivity index (χ0) is 19.4. The molecule has 7 nitrogen and oxygen atoms in total. The van der Waals surface area contributed by atoms with Gasteiger partial charge in [-0.25, -0.2) is 9.59 Å². The van der Waals surface area contributed by atoms with Crippen LogP contribution < -0.4 is 5.32 Å². The van der Waals surface area contributed by atoms with E-state index in [4.69, 9.17) is 9.47 Å². The second-order valence-electron chi connectivity index (χ2n) is 8.61. The Morgan fingerprint density at radius 1 is 0.920 bits per heavy atom. The number of ether oxygens (including phenoxy) is 2. The highest BCUT2D eigenvalue weighted by molar-refractivity contribution is 5.80. The summed E-state index contributed by atoms with van der Waals surface area (Å²) in [5.74, 6) is -1.78. The number of nitrogens with one attached hydrogen (secondary N) is 1. The van der Waals surface area contributed by atoms with Gasteiger partial charge in [-0.15, -0.1) is 0 Å². The molecule has 0 aliphatic heterocycles. The van der Waals surface area contributed by atoms with E-state index < -0.39 is 29.3 Å². The highest BCUT2D eigenvalue weighted by Gasteiger charge is 2.37. The molecule has 0 heterocycles. The predicted molar refractivity (Wildman–Crippen MR) is 92.1 cm³/mol. The number of alkyl carbamates (subject to hydrolysis) is 1. The van der Waals surface area contributed by atoms with Crippen molar-refractivity contribution in [1.29, 1.82) is 0 Å². The monoisotopic (exact) mass is 357 g/mol. The molecular formula is C18H31NO6. The van der Waals surface area contributed by atoms with Crippen LogP contribution in [0.4, 0.5) is 4.79 Å². The van der Waals surface area contributed by atoms with E-state index in [9.17, 15) is 19.5 Å². The summed E-state index contributed by atoms with van der Waals surface area (Å²) in [4.78, 5) is 35.5. The number of amides is 1. The normalized spacial score (nSPS) is 22.6. The number of carbonyl (C=O) groups is 3. The van der Waals surface area contributed by atoms with E-state index in [0.29, 0.717) is 25.7 Å². The number of carbonyl (C=O) groups excluding carboxylic acids is 2. The third-order valence-electron chi connectivity index (χ3n) is 3.92. The Hall–Kier alpha value is -1.79. The minimum Gasteiger partial charge on any atom is -0.480 e. The highest BCUT2D eigenvalue weighted by atomic mass is 16.6. The van der Waals surface area contributed by atoms with Crippen LogP contribution in [0.1, 0.15) is 67.2 Å². The largest absolute Gasteiger partial charge is 0.480 e. The van der Waals surface area contributed by atoms with Crippen LogP contribution in [0.5, 0.6) is 0 Å². The molecule has 7 heteroatoms. The van der Waals surface area contributed by atoms with E-state index >= 15 is 0 Å². The topological polar surface area (TPSA) is 102 Å². The summed E-state index contributed by atoms with van der Waals surface area (Å²) in [6, 6.07) is -1.02. The van der Waals surface area contributed by atoms with Crippen LogP contribution in [0.2, 0.25) is 0 Å². The van der Waals surface area contributed by atoms with E-state index in [0.717, 1.165) is 0 Å². The van der Waals surface area contributed by atoms with Crippen molar-refractivity contribution in [2.45, 2.75) is 84.5 Å². The van der Waals surface area contributed by atoms with Gasteiger partial charge in [-0.1, -0.05) is 0 Å². The van der Waals surface area contributed by atoms with Gasteiger partial charge in [-0.3, -0.25) is 4.79 Å². The van der Waals surface area contributed by atoms with Gasteiger partial charge in [0.05, 0.1) is 5.92 Å². The summed E-state index contributed by atoms with van der Waals surface area (Å²) in [6.07, 6.45) is 1.45. The van der Waals surface area contributed by atoms with Crippen molar-refractivity contribution in [1.82, 2.24) is 5.32 Å². The van der Waals surface area contributed by atoms with Crippen LogP contribution in [-0.4, -0.2) is 40.4 Å². The summed E-state index contributed by atoms with van der Waals surface area (Å²) in [7, 11) is 0. The molecule has 0 unspecified atom stereocenters. The zero-order valence-electron chi connectivity index (χ0n) is 16.0. The fraction of sp³-hybridized carbons (Fsp3) is 0.833. The minimum absolute atomic E-state index is 0.216. The number of esters is 1. The van der Waals surface area contributed by atoms with Gasteiger partial charge < -0.3 is 19.9 Å². The molecule has 2 N–H and O–H groups in total. The van der Waals surface area contributed by atoms with E-state index in [1.54, 1.807) is 20.8 Å². The van der Waals surface area contributed by atoms with Gasteiger partial charge in [0.1, 0.15) is 17.2 Å². The molecule has 0 aromatic heterocycles. The molecule has 0 radical (unpaired) electrons. The predicted octanol–water partition coefficient (Wildman–Crippen LogP) is 3.11. The lowest BCUT2D eigenvalue weighted by Crippen LogP contribution is -2.48. The smallest absolute Gasteiger partial charge is 0.408 e. The third-order valence-corrected chi connectivity index (χ3v) is 3.92. The Morgan fingerprint density at radius 2 is 1.40 bits per heavy atom. The number of hydrogen-bond donors (Lipinski definition) is 2. The fourth-order valence-corrected chi connectivity index (χ4v) is 2.89. The second-order valence-corrected chi connectivity index (χ2v) is 8.61. The maximum atomic E-state index is 12.1. The Labute approximate surface area is 149 Å². The number of aliphatic carboxylic acids is 1. The Bertz CT molecular complexity index is 495. The highest BCUT2D eigenvalue weighted by Crippen LogP contribution is 2.32. The van der Waals surface area contributed by atoms with Crippen molar-refractivity contribution in [2.75, 3.05) is 0 Å². The average Bonchev–Trinajstić information content (AvgIpc) is 2.41. The Morgan fingerprint density at radius 3 is 1.80 bits per heavy atom. The van der Waals surface area contributed by atoms with E-state index in [1.807, 2.05) is 20.8 Å². The molecule has 1 aliphatic carbocycles. The molecule has 0 aromatic rings. The summed E-state index contributed by atoms with van der Waals surface area (Å²) in [5, 5.41) is 11.9. The number of hydrogen-bond acceptors (Lipinski definition) is 5. The maximum Gasteiger partial charge on any atom is 0.408 e. The van der Waals surface area contributed by atoms with Crippen LogP contribution in [0.15, 0.2) is 0 Å². The number of rotatable bonds is 4.